The number of likely N-dealkylation sites (tertiary alicyclic amines) is 1. The van der Waals surface area contributed by atoms with E-state index in [0.717, 1.165) is 38.4 Å². The standard InChI is InChI=1S/C22H36N2.C17H26N2.C5H10O.CH4/c1-18(2)10-14-23-15-12-22(13-16-23)24(17-11-19(3)4)21-8-6-20(5)7-9-21;1-14(2)10-13-19(17-8-11-18-12-9-17)16-6-4-15(3)5-7-16;1-5(2)3-4-6;/h6-9,11,18,22H,10,12-17H2,1-5H3;4-7,10,17-18H,8-9,11-13H2,1-3H3;4-5H,3H2,1-2H3;1H4. The first-order valence-corrected chi connectivity index (χ1v) is 19.2. The van der Waals surface area contributed by atoms with E-state index in [2.05, 4.69) is 136 Å². The number of aldehydes is 1. The number of hydrogen-bond acceptors (Lipinski definition) is 5. The second-order valence-electron chi connectivity index (χ2n) is 15.6. The van der Waals surface area contributed by atoms with Crippen LogP contribution in [-0.2, 0) is 4.79 Å². The van der Waals surface area contributed by atoms with Crippen molar-refractivity contribution >= 4 is 17.7 Å². The first kappa shape index (κ1) is 45.1. The molecule has 0 bridgehead atoms. The summed E-state index contributed by atoms with van der Waals surface area (Å²) in [6.07, 6.45) is 12.7. The number of hydrogen-bond donors (Lipinski definition) is 1. The third-order valence-corrected chi connectivity index (χ3v) is 9.46. The van der Waals surface area contributed by atoms with Gasteiger partial charge in [0.25, 0.3) is 0 Å². The Hall–Kier alpha value is -2.89. The molecule has 0 atom stereocenters. The molecule has 2 heterocycles. The smallest absolute Gasteiger partial charge is 0.120 e. The highest BCUT2D eigenvalue weighted by Gasteiger charge is 2.24. The van der Waals surface area contributed by atoms with Gasteiger partial charge < -0.3 is 24.8 Å². The van der Waals surface area contributed by atoms with Gasteiger partial charge in [0.2, 0.25) is 0 Å². The summed E-state index contributed by atoms with van der Waals surface area (Å²) in [4.78, 5) is 17.5. The van der Waals surface area contributed by atoms with Crippen LogP contribution in [0.15, 0.2) is 71.8 Å². The summed E-state index contributed by atoms with van der Waals surface area (Å²) >= 11 is 0. The van der Waals surface area contributed by atoms with Gasteiger partial charge in [-0.2, -0.15) is 0 Å². The van der Waals surface area contributed by atoms with E-state index in [0.29, 0.717) is 24.4 Å². The molecule has 5 nitrogen and oxygen atoms in total. The summed E-state index contributed by atoms with van der Waals surface area (Å²) in [5, 5.41) is 3.45. The van der Waals surface area contributed by atoms with Gasteiger partial charge in [-0.1, -0.05) is 93.8 Å². The Labute approximate surface area is 309 Å². The molecule has 2 aromatic carbocycles. The molecule has 2 aromatic rings. The number of allylic oxidation sites excluding steroid dienone is 2. The van der Waals surface area contributed by atoms with Gasteiger partial charge in [0.1, 0.15) is 6.29 Å². The van der Waals surface area contributed by atoms with Crippen LogP contribution in [0.2, 0.25) is 0 Å². The fraction of sp³-hybridized carbons (Fsp3) is 0.622. The third-order valence-electron chi connectivity index (χ3n) is 9.46. The zero-order chi connectivity index (χ0) is 36.2. The number of carbonyl (C=O) groups excluding carboxylic acids is 1. The lowest BCUT2D eigenvalue weighted by atomic mass is 10.0. The van der Waals surface area contributed by atoms with Crippen LogP contribution in [0.3, 0.4) is 0 Å². The lowest BCUT2D eigenvalue weighted by molar-refractivity contribution is -0.108. The second kappa shape index (κ2) is 25.1. The quantitative estimate of drug-likeness (QED) is 0.168. The predicted octanol–water partition coefficient (Wildman–Crippen LogP) is 10.7. The molecule has 4 rings (SSSR count). The fourth-order valence-electron chi connectivity index (χ4n) is 6.17. The van der Waals surface area contributed by atoms with Crippen molar-refractivity contribution in [3.05, 3.63) is 83.0 Å². The highest BCUT2D eigenvalue weighted by molar-refractivity contribution is 5.50. The minimum absolute atomic E-state index is 0. The SMILES string of the molecule is C.CC(C)=CCN(c1ccc(C)cc1)C1CCN(CCC(C)C)CC1.CC(C)=CCN(c1ccc(C)cc1)C1CCNCC1.CC(C)CC=O. The van der Waals surface area contributed by atoms with E-state index in [-0.39, 0.29) is 7.43 Å². The lowest BCUT2D eigenvalue weighted by Crippen LogP contribution is -2.45. The van der Waals surface area contributed by atoms with Gasteiger partial charge in [0.15, 0.2) is 0 Å². The van der Waals surface area contributed by atoms with Crippen LogP contribution in [-0.4, -0.2) is 69.1 Å². The average Bonchev–Trinajstić information content (AvgIpc) is 3.07. The molecule has 282 valence electrons. The van der Waals surface area contributed by atoms with Crippen molar-refractivity contribution < 1.29 is 4.79 Å². The van der Waals surface area contributed by atoms with Crippen molar-refractivity contribution in [2.75, 3.05) is 55.6 Å². The molecule has 0 saturated carbocycles. The zero-order valence-corrected chi connectivity index (χ0v) is 33.1. The molecule has 0 aromatic heterocycles. The minimum Gasteiger partial charge on any atom is -0.365 e. The molecule has 0 amide bonds. The van der Waals surface area contributed by atoms with Gasteiger partial charge in [0.05, 0.1) is 0 Å². The highest BCUT2D eigenvalue weighted by atomic mass is 16.1. The number of rotatable bonds is 13. The number of carbonyl (C=O) groups is 1. The van der Waals surface area contributed by atoms with Crippen LogP contribution >= 0.6 is 0 Å². The maximum absolute atomic E-state index is 9.62. The van der Waals surface area contributed by atoms with Gasteiger partial charge in [-0.05, 0) is 129 Å². The monoisotopic (exact) mass is 689 g/mol. The maximum atomic E-state index is 9.62. The minimum atomic E-state index is 0. The van der Waals surface area contributed by atoms with E-state index < -0.39 is 0 Å². The van der Waals surface area contributed by atoms with Crippen molar-refractivity contribution in [1.29, 1.82) is 0 Å². The van der Waals surface area contributed by atoms with Crippen molar-refractivity contribution in [3.8, 4) is 0 Å². The first-order valence-electron chi connectivity index (χ1n) is 19.2. The molecular formula is C45H76N4O. The molecule has 2 fully saturated rings. The summed E-state index contributed by atoms with van der Waals surface area (Å²) in [6, 6.07) is 19.3. The zero-order valence-electron chi connectivity index (χ0n) is 33.1. The largest absolute Gasteiger partial charge is 0.365 e. The summed E-state index contributed by atoms with van der Waals surface area (Å²) in [5.74, 6) is 1.34. The van der Waals surface area contributed by atoms with Crippen LogP contribution < -0.4 is 15.1 Å². The van der Waals surface area contributed by atoms with Crippen molar-refractivity contribution in [1.82, 2.24) is 10.2 Å². The molecule has 2 aliphatic rings. The number of nitrogens with zero attached hydrogens (tertiary/aromatic N) is 3. The Kier molecular flexibility index (Phi) is 22.7. The molecule has 2 aliphatic heterocycles. The van der Waals surface area contributed by atoms with E-state index in [4.69, 9.17) is 0 Å². The number of piperidine rings is 2. The summed E-state index contributed by atoms with van der Waals surface area (Å²) < 4.78 is 0. The van der Waals surface area contributed by atoms with Gasteiger partial charge >= 0.3 is 0 Å². The Morgan fingerprint density at radius 1 is 0.720 bits per heavy atom. The Balaban J connectivity index is 0.000000430. The van der Waals surface area contributed by atoms with Crippen molar-refractivity contribution in [2.45, 2.75) is 127 Å². The average molecular weight is 689 g/mol. The van der Waals surface area contributed by atoms with E-state index in [9.17, 15) is 4.79 Å². The maximum Gasteiger partial charge on any atom is 0.120 e. The third kappa shape index (κ3) is 18.4. The highest BCUT2D eigenvalue weighted by Crippen LogP contribution is 2.25. The first-order chi connectivity index (χ1) is 23.4. The summed E-state index contributed by atoms with van der Waals surface area (Å²) in [7, 11) is 0. The molecule has 0 spiro atoms. The van der Waals surface area contributed by atoms with Gasteiger partial charge in [-0.3, -0.25) is 0 Å². The molecule has 0 aliphatic carbocycles. The number of nitrogens with one attached hydrogen (secondary N) is 1. The molecular weight excluding hydrogens is 613 g/mol. The van der Waals surface area contributed by atoms with Crippen LogP contribution in [0.25, 0.3) is 0 Å². The van der Waals surface area contributed by atoms with E-state index in [1.165, 1.54) is 85.4 Å². The number of aryl methyl sites for hydroxylation is 2. The topological polar surface area (TPSA) is 38.8 Å². The van der Waals surface area contributed by atoms with Gasteiger partial charge in [0, 0.05) is 56.1 Å². The molecule has 0 unspecified atom stereocenters. The Morgan fingerprint density at radius 2 is 1.14 bits per heavy atom. The normalized spacial score (nSPS) is 15.1. The molecule has 5 heteroatoms. The number of anilines is 2. The molecule has 50 heavy (non-hydrogen) atoms. The summed E-state index contributed by atoms with van der Waals surface area (Å²) in [6.45, 7) is 29.8. The van der Waals surface area contributed by atoms with Crippen LogP contribution in [0.1, 0.15) is 112 Å². The van der Waals surface area contributed by atoms with E-state index in [1.807, 2.05) is 13.8 Å². The Morgan fingerprint density at radius 3 is 1.48 bits per heavy atom. The fourth-order valence-corrected chi connectivity index (χ4v) is 6.17. The van der Waals surface area contributed by atoms with Crippen molar-refractivity contribution in [3.63, 3.8) is 0 Å². The molecule has 0 radical (unpaired) electrons. The van der Waals surface area contributed by atoms with Gasteiger partial charge in [-0.15, -0.1) is 0 Å². The lowest BCUT2D eigenvalue weighted by Gasteiger charge is -2.39. The van der Waals surface area contributed by atoms with Crippen LogP contribution in [0.4, 0.5) is 11.4 Å². The van der Waals surface area contributed by atoms with E-state index in [1.54, 1.807) is 0 Å². The van der Waals surface area contributed by atoms with Gasteiger partial charge in [-0.25, -0.2) is 0 Å². The predicted molar refractivity (Wildman–Crippen MR) is 223 cm³/mol. The van der Waals surface area contributed by atoms with Crippen molar-refractivity contribution in [2.24, 2.45) is 11.8 Å². The van der Waals surface area contributed by atoms with E-state index >= 15 is 0 Å². The second-order valence-corrected chi connectivity index (χ2v) is 15.6. The summed E-state index contributed by atoms with van der Waals surface area (Å²) in [5.41, 5.74) is 8.20. The van der Waals surface area contributed by atoms with Crippen LogP contribution in [0, 0.1) is 25.7 Å². The van der Waals surface area contributed by atoms with Crippen LogP contribution in [0.5, 0.6) is 0 Å². The molecule has 1 N–H and O–H groups in total. The molecule has 2 saturated heterocycles. The Bertz CT molecular complexity index is 1210. The number of benzene rings is 2.